The summed E-state index contributed by atoms with van der Waals surface area (Å²) in [4.78, 5) is 9.93. The number of hydrogen-bond acceptors (Lipinski definition) is 7. The number of nitrogens with two attached hydrogens (primary N) is 1. The number of nitro groups is 1. The number of rotatable bonds is 4. The van der Waals surface area contributed by atoms with Crippen molar-refractivity contribution in [3.63, 3.8) is 0 Å². The lowest BCUT2D eigenvalue weighted by atomic mass is 10.1. The number of sulfonamides is 1. The molecule has 0 bridgehead atoms. The van der Waals surface area contributed by atoms with Gasteiger partial charge in [0.2, 0.25) is 10.0 Å². The number of aliphatic hydroxyl groups excluding tert-OH is 1. The monoisotopic (exact) mass is 316 g/mol. The molecule has 1 saturated heterocycles. The molecule has 0 aliphatic carbocycles. The number of nitro benzene ring substituents is 1. The third-order valence-electron chi connectivity index (χ3n) is 3.31. The number of non-ortho nitro benzene ring substituents is 1. The molecule has 4 N–H and O–H groups in total. The van der Waals surface area contributed by atoms with E-state index in [0.717, 1.165) is 22.5 Å². The van der Waals surface area contributed by atoms with Crippen LogP contribution in [0, 0.1) is 10.1 Å². The molecule has 0 amide bonds. The molecule has 0 radical (unpaired) electrons. The maximum absolute atomic E-state index is 12.5. The van der Waals surface area contributed by atoms with E-state index >= 15 is 0 Å². The number of benzene rings is 1. The largest absolute Gasteiger partial charge is 0.392 e. The van der Waals surface area contributed by atoms with Gasteiger partial charge >= 0.3 is 0 Å². The first kappa shape index (κ1) is 15.6. The minimum atomic E-state index is -3.87. The molecule has 1 aromatic rings. The van der Waals surface area contributed by atoms with Gasteiger partial charge in [-0.05, 0) is 18.9 Å². The van der Waals surface area contributed by atoms with Gasteiger partial charge < -0.3 is 10.5 Å². The molecular formula is C11H16N4O5S. The van der Waals surface area contributed by atoms with Crippen LogP contribution in [0.5, 0.6) is 0 Å². The van der Waals surface area contributed by atoms with Crippen molar-refractivity contribution in [3.05, 3.63) is 28.3 Å². The van der Waals surface area contributed by atoms with Crippen molar-refractivity contribution in [2.24, 2.45) is 5.84 Å². The van der Waals surface area contributed by atoms with E-state index in [1.807, 2.05) is 0 Å². The molecular weight excluding hydrogens is 300 g/mol. The average molecular weight is 316 g/mol. The number of β-amino-alcohol motifs (C(OH)–C–C–N with tert-alkyl or cyclic N) is 1. The van der Waals surface area contributed by atoms with Gasteiger partial charge in [0, 0.05) is 25.2 Å². The van der Waals surface area contributed by atoms with Crippen LogP contribution in [0.1, 0.15) is 12.8 Å². The van der Waals surface area contributed by atoms with E-state index in [1.54, 1.807) is 0 Å². The highest BCUT2D eigenvalue weighted by Crippen LogP contribution is 2.29. The topological polar surface area (TPSA) is 139 Å². The summed E-state index contributed by atoms with van der Waals surface area (Å²) < 4.78 is 26.2. The molecule has 116 valence electrons. The third-order valence-corrected chi connectivity index (χ3v) is 5.23. The Morgan fingerprint density at radius 1 is 1.48 bits per heavy atom. The van der Waals surface area contributed by atoms with Crippen LogP contribution < -0.4 is 11.3 Å². The molecule has 0 spiro atoms. The fourth-order valence-corrected chi connectivity index (χ4v) is 3.90. The first-order chi connectivity index (χ1) is 9.86. The number of nitrogens with one attached hydrogen (secondary N) is 1. The Morgan fingerprint density at radius 3 is 2.76 bits per heavy atom. The zero-order valence-corrected chi connectivity index (χ0v) is 11.9. The summed E-state index contributed by atoms with van der Waals surface area (Å²) in [5, 5.41) is 20.3. The first-order valence-corrected chi connectivity index (χ1v) is 7.73. The Kier molecular flexibility index (Phi) is 4.42. The highest BCUT2D eigenvalue weighted by Gasteiger charge is 2.31. The minimum Gasteiger partial charge on any atom is -0.392 e. The van der Waals surface area contributed by atoms with Gasteiger partial charge in [-0.3, -0.25) is 16.0 Å². The van der Waals surface area contributed by atoms with Gasteiger partial charge in [0.1, 0.15) is 4.90 Å². The van der Waals surface area contributed by atoms with Crippen LogP contribution in [0.4, 0.5) is 11.4 Å². The molecule has 1 aromatic carbocycles. The summed E-state index contributed by atoms with van der Waals surface area (Å²) in [6.07, 6.45) is 0.397. The van der Waals surface area contributed by atoms with Gasteiger partial charge in [-0.2, -0.15) is 4.31 Å². The van der Waals surface area contributed by atoms with E-state index in [0.29, 0.717) is 19.4 Å². The second-order valence-corrected chi connectivity index (χ2v) is 6.65. The summed E-state index contributed by atoms with van der Waals surface area (Å²) in [7, 11) is -3.87. The maximum atomic E-state index is 12.5. The number of hydrogen-bond donors (Lipinski definition) is 3. The van der Waals surface area contributed by atoms with E-state index in [1.165, 1.54) is 0 Å². The average Bonchev–Trinajstić information content (AvgIpc) is 2.46. The van der Waals surface area contributed by atoms with Gasteiger partial charge in [0.25, 0.3) is 5.69 Å². The molecule has 0 aromatic heterocycles. The van der Waals surface area contributed by atoms with Crippen molar-refractivity contribution in [3.8, 4) is 0 Å². The highest BCUT2D eigenvalue weighted by atomic mass is 32.2. The number of aliphatic hydroxyl groups is 1. The Labute approximate surface area is 121 Å². The zero-order chi connectivity index (χ0) is 15.6. The molecule has 1 fully saturated rings. The summed E-state index contributed by atoms with van der Waals surface area (Å²) in [6, 6.07) is 3.31. The molecule has 1 heterocycles. The van der Waals surface area contributed by atoms with E-state index in [2.05, 4.69) is 5.43 Å². The number of nitrogen functional groups attached to an aromatic ring is 1. The van der Waals surface area contributed by atoms with Crippen molar-refractivity contribution < 1.29 is 18.4 Å². The molecule has 1 atom stereocenters. The smallest absolute Gasteiger partial charge is 0.271 e. The van der Waals surface area contributed by atoms with Crippen molar-refractivity contribution in [1.82, 2.24) is 4.31 Å². The Bertz CT molecular complexity index is 648. The van der Waals surface area contributed by atoms with Crippen molar-refractivity contribution in [1.29, 1.82) is 0 Å². The molecule has 0 saturated carbocycles. The molecule has 10 heteroatoms. The molecule has 1 aliphatic rings. The molecule has 21 heavy (non-hydrogen) atoms. The fourth-order valence-electron chi connectivity index (χ4n) is 2.25. The normalized spacial score (nSPS) is 20.2. The lowest BCUT2D eigenvalue weighted by molar-refractivity contribution is -0.384. The lowest BCUT2D eigenvalue weighted by Gasteiger charge is -2.29. The van der Waals surface area contributed by atoms with Crippen molar-refractivity contribution in [2.45, 2.75) is 23.8 Å². The fraction of sp³-hybridized carbons (Fsp3) is 0.455. The van der Waals surface area contributed by atoms with Crippen LogP contribution in [0.25, 0.3) is 0 Å². The van der Waals surface area contributed by atoms with Crippen LogP contribution in [0.15, 0.2) is 23.1 Å². The van der Waals surface area contributed by atoms with Crippen LogP contribution in [-0.2, 0) is 10.0 Å². The van der Waals surface area contributed by atoms with Crippen LogP contribution in [-0.4, -0.2) is 41.9 Å². The van der Waals surface area contributed by atoms with Gasteiger partial charge in [-0.1, -0.05) is 0 Å². The standard InChI is InChI=1S/C11H16N4O5S/c12-13-10-6-8(15(17)18)3-4-11(10)21(19,20)14-5-1-2-9(16)7-14/h3-4,6,9,13,16H,1-2,5,7,12H2. The predicted molar refractivity (Wildman–Crippen MR) is 74.9 cm³/mol. The molecule has 1 unspecified atom stereocenters. The number of anilines is 1. The third kappa shape index (κ3) is 3.13. The van der Waals surface area contributed by atoms with Crippen molar-refractivity contribution in [2.75, 3.05) is 18.5 Å². The SMILES string of the molecule is NNc1cc([N+](=O)[O-])ccc1S(=O)(=O)N1CCCC(O)C1. The highest BCUT2D eigenvalue weighted by molar-refractivity contribution is 7.89. The second-order valence-electron chi connectivity index (χ2n) is 4.74. The minimum absolute atomic E-state index is 0.00331. The zero-order valence-electron chi connectivity index (χ0n) is 11.1. The van der Waals surface area contributed by atoms with Gasteiger partial charge in [0.05, 0.1) is 16.7 Å². The van der Waals surface area contributed by atoms with Gasteiger partial charge in [-0.25, -0.2) is 8.42 Å². The van der Waals surface area contributed by atoms with Crippen LogP contribution in [0.2, 0.25) is 0 Å². The number of nitrogens with zero attached hydrogens (tertiary/aromatic N) is 2. The van der Waals surface area contributed by atoms with E-state index in [4.69, 9.17) is 5.84 Å². The van der Waals surface area contributed by atoms with Gasteiger partial charge in [0.15, 0.2) is 0 Å². The summed E-state index contributed by atoms with van der Waals surface area (Å²) in [5.41, 5.74) is 1.86. The van der Waals surface area contributed by atoms with E-state index in [9.17, 15) is 23.6 Å². The molecule has 1 aliphatic heterocycles. The molecule has 9 nitrogen and oxygen atoms in total. The Hall–Kier alpha value is -1.75. The maximum Gasteiger partial charge on any atom is 0.271 e. The Morgan fingerprint density at radius 2 is 2.19 bits per heavy atom. The van der Waals surface area contributed by atoms with E-state index in [-0.39, 0.29) is 22.8 Å². The Balaban J connectivity index is 2.42. The van der Waals surface area contributed by atoms with E-state index < -0.39 is 21.1 Å². The second kappa shape index (κ2) is 5.93. The quantitative estimate of drug-likeness (QED) is 0.404. The van der Waals surface area contributed by atoms with Crippen molar-refractivity contribution >= 4 is 21.4 Å². The van der Waals surface area contributed by atoms with Gasteiger partial charge in [-0.15, -0.1) is 0 Å². The number of piperidine rings is 1. The summed E-state index contributed by atoms with van der Waals surface area (Å²) in [5.74, 6) is 5.27. The summed E-state index contributed by atoms with van der Waals surface area (Å²) in [6.45, 7) is 0.295. The first-order valence-electron chi connectivity index (χ1n) is 6.29. The number of hydrazine groups is 1. The molecule has 2 rings (SSSR count). The predicted octanol–water partition coefficient (Wildman–Crippen LogP) is 0.0258. The summed E-state index contributed by atoms with van der Waals surface area (Å²) >= 11 is 0. The van der Waals surface area contributed by atoms with Crippen LogP contribution in [0.3, 0.4) is 0 Å². The van der Waals surface area contributed by atoms with Crippen LogP contribution >= 0.6 is 0 Å². The lowest BCUT2D eigenvalue weighted by Crippen LogP contribution is -2.42.